The van der Waals surface area contributed by atoms with Gasteiger partial charge in [0.25, 0.3) is 0 Å². The van der Waals surface area contributed by atoms with E-state index in [2.05, 4.69) is 10.3 Å². The topological polar surface area (TPSA) is 111 Å². The molecule has 0 amide bonds. The maximum Gasteiger partial charge on any atom is 0.328 e. The molecule has 0 fully saturated rings. The van der Waals surface area contributed by atoms with Crippen LogP contribution < -0.4 is 5.32 Å². The lowest BCUT2D eigenvalue weighted by atomic mass is 9.85. The first-order chi connectivity index (χ1) is 9.36. The fourth-order valence-corrected chi connectivity index (χ4v) is 2.14. The molecule has 1 aliphatic carbocycles. The SMILES string of the molecule is CCNC1=C(OC)/C(=N/C(C)C(=O)O)CC(O)(CO)C1. The van der Waals surface area contributed by atoms with Gasteiger partial charge in [0, 0.05) is 19.4 Å². The Kier molecular flexibility index (Phi) is 5.52. The Bertz CT molecular complexity index is 432. The van der Waals surface area contributed by atoms with Crippen molar-refractivity contribution in [3.05, 3.63) is 11.5 Å². The standard InChI is InChI=1S/C13H22N2O5/c1-4-14-9-5-13(19,7-16)6-10(11(9)20-3)15-8(2)12(17)18/h8,14,16,19H,4-7H2,1-3H3,(H,17,18)/b15-10+. The number of carboxylic acid groups (broad SMARTS) is 1. The van der Waals surface area contributed by atoms with E-state index in [-0.39, 0.29) is 12.8 Å². The average molecular weight is 286 g/mol. The summed E-state index contributed by atoms with van der Waals surface area (Å²) < 4.78 is 5.29. The Morgan fingerprint density at radius 1 is 1.55 bits per heavy atom. The fraction of sp³-hybridized carbons (Fsp3) is 0.692. The van der Waals surface area contributed by atoms with Gasteiger partial charge in [-0.15, -0.1) is 0 Å². The van der Waals surface area contributed by atoms with E-state index in [1.165, 1.54) is 14.0 Å². The maximum atomic E-state index is 10.9. The number of carboxylic acids is 1. The highest BCUT2D eigenvalue weighted by Gasteiger charge is 2.37. The molecule has 0 bridgehead atoms. The van der Waals surface area contributed by atoms with Crippen molar-refractivity contribution in [2.45, 2.75) is 38.3 Å². The highest BCUT2D eigenvalue weighted by molar-refractivity contribution is 6.01. The van der Waals surface area contributed by atoms with Crippen LogP contribution in [0.3, 0.4) is 0 Å². The van der Waals surface area contributed by atoms with Crippen LogP contribution in [-0.4, -0.2) is 58.9 Å². The van der Waals surface area contributed by atoms with Gasteiger partial charge in [-0.2, -0.15) is 0 Å². The number of nitrogens with zero attached hydrogens (tertiary/aromatic N) is 1. The number of carbonyl (C=O) groups is 1. The molecule has 1 aliphatic rings. The summed E-state index contributed by atoms with van der Waals surface area (Å²) in [6.07, 6.45) is 0.264. The molecule has 2 atom stereocenters. The number of ether oxygens (including phenoxy) is 1. The van der Waals surface area contributed by atoms with Crippen LogP contribution in [0.2, 0.25) is 0 Å². The zero-order valence-electron chi connectivity index (χ0n) is 12.0. The summed E-state index contributed by atoms with van der Waals surface area (Å²) in [6.45, 7) is 3.52. The molecule has 114 valence electrons. The van der Waals surface area contributed by atoms with Gasteiger partial charge in [-0.25, -0.2) is 4.79 Å². The van der Waals surface area contributed by atoms with Crippen molar-refractivity contribution in [2.24, 2.45) is 4.99 Å². The number of aliphatic hydroxyl groups excluding tert-OH is 1. The van der Waals surface area contributed by atoms with Crippen LogP contribution in [-0.2, 0) is 9.53 Å². The van der Waals surface area contributed by atoms with Crippen LogP contribution in [0, 0.1) is 0 Å². The zero-order chi connectivity index (χ0) is 15.3. The highest BCUT2D eigenvalue weighted by Crippen LogP contribution is 2.30. The molecular weight excluding hydrogens is 264 g/mol. The summed E-state index contributed by atoms with van der Waals surface area (Å²) in [7, 11) is 1.47. The fourth-order valence-electron chi connectivity index (χ4n) is 2.14. The third-order valence-electron chi connectivity index (χ3n) is 3.13. The normalized spacial score (nSPS) is 26.6. The minimum atomic E-state index is -1.35. The maximum absolute atomic E-state index is 10.9. The predicted molar refractivity (Wildman–Crippen MR) is 73.5 cm³/mol. The zero-order valence-corrected chi connectivity index (χ0v) is 12.0. The summed E-state index contributed by atoms with van der Waals surface area (Å²) >= 11 is 0. The predicted octanol–water partition coefficient (Wildman–Crippen LogP) is -0.115. The molecule has 7 heteroatoms. The first kappa shape index (κ1) is 16.5. The molecule has 0 aliphatic heterocycles. The van der Waals surface area contributed by atoms with E-state index < -0.39 is 24.2 Å². The van der Waals surface area contributed by atoms with Gasteiger partial charge in [0.2, 0.25) is 0 Å². The number of allylic oxidation sites excluding steroid dienone is 1. The monoisotopic (exact) mass is 286 g/mol. The molecule has 1 rings (SSSR count). The van der Waals surface area contributed by atoms with Crippen LogP contribution in [0.5, 0.6) is 0 Å². The van der Waals surface area contributed by atoms with Gasteiger partial charge in [-0.1, -0.05) is 0 Å². The van der Waals surface area contributed by atoms with Crippen LogP contribution in [0.1, 0.15) is 26.7 Å². The third-order valence-corrected chi connectivity index (χ3v) is 3.13. The molecule has 0 spiro atoms. The first-order valence-corrected chi connectivity index (χ1v) is 6.51. The van der Waals surface area contributed by atoms with E-state index in [9.17, 15) is 15.0 Å². The molecule has 0 aromatic rings. The van der Waals surface area contributed by atoms with E-state index in [4.69, 9.17) is 9.84 Å². The summed E-state index contributed by atoms with van der Waals surface area (Å²) in [5.74, 6) is -0.617. The number of aliphatic imine (C=N–C) groups is 1. The summed E-state index contributed by atoms with van der Waals surface area (Å²) in [5.41, 5.74) is -0.383. The summed E-state index contributed by atoms with van der Waals surface area (Å²) in [4.78, 5) is 15.0. The summed E-state index contributed by atoms with van der Waals surface area (Å²) in [5, 5.41) is 31.6. The molecule has 2 unspecified atom stereocenters. The molecule has 0 aromatic carbocycles. The molecule has 0 radical (unpaired) electrons. The van der Waals surface area contributed by atoms with E-state index in [0.717, 1.165) is 0 Å². The number of nitrogens with one attached hydrogen (secondary N) is 1. The first-order valence-electron chi connectivity index (χ1n) is 6.51. The lowest BCUT2D eigenvalue weighted by molar-refractivity contribution is -0.138. The molecular formula is C13H22N2O5. The average Bonchev–Trinajstić information content (AvgIpc) is 2.39. The minimum Gasteiger partial charge on any atom is -0.493 e. The van der Waals surface area contributed by atoms with Crippen molar-refractivity contribution in [1.29, 1.82) is 0 Å². The van der Waals surface area contributed by atoms with Crippen molar-refractivity contribution < 1.29 is 24.9 Å². The van der Waals surface area contributed by atoms with Gasteiger partial charge in [0.1, 0.15) is 6.04 Å². The second-order valence-corrected chi connectivity index (χ2v) is 4.87. The molecule has 0 heterocycles. The van der Waals surface area contributed by atoms with Gasteiger partial charge in [-0.3, -0.25) is 4.99 Å². The number of rotatable bonds is 6. The molecule has 0 saturated heterocycles. The number of hydrogen-bond donors (Lipinski definition) is 4. The largest absolute Gasteiger partial charge is 0.493 e. The van der Waals surface area contributed by atoms with Crippen molar-refractivity contribution in [3.8, 4) is 0 Å². The Labute approximate surface area is 118 Å². The number of aliphatic hydroxyl groups is 2. The minimum absolute atomic E-state index is 0.0547. The van der Waals surface area contributed by atoms with E-state index in [1.807, 2.05) is 6.92 Å². The Balaban J connectivity index is 3.23. The quantitative estimate of drug-likeness (QED) is 0.542. The number of methoxy groups -OCH3 is 1. The Morgan fingerprint density at radius 2 is 2.20 bits per heavy atom. The van der Waals surface area contributed by atoms with Gasteiger partial charge in [-0.05, 0) is 13.8 Å². The number of aliphatic carboxylic acids is 1. The smallest absolute Gasteiger partial charge is 0.328 e. The van der Waals surface area contributed by atoms with Gasteiger partial charge >= 0.3 is 5.97 Å². The second kappa shape index (κ2) is 6.71. The molecule has 0 saturated carbocycles. The second-order valence-electron chi connectivity index (χ2n) is 4.87. The van der Waals surface area contributed by atoms with Gasteiger partial charge in [0.05, 0.1) is 30.7 Å². The van der Waals surface area contributed by atoms with E-state index in [1.54, 1.807) is 0 Å². The molecule has 0 aromatic heterocycles. The number of hydrogen-bond acceptors (Lipinski definition) is 6. The lowest BCUT2D eigenvalue weighted by Crippen LogP contribution is -2.43. The van der Waals surface area contributed by atoms with Gasteiger partial charge in [0.15, 0.2) is 5.76 Å². The highest BCUT2D eigenvalue weighted by atomic mass is 16.5. The third kappa shape index (κ3) is 3.71. The van der Waals surface area contributed by atoms with Crippen molar-refractivity contribution in [2.75, 3.05) is 20.3 Å². The van der Waals surface area contributed by atoms with Crippen molar-refractivity contribution in [3.63, 3.8) is 0 Å². The van der Waals surface area contributed by atoms with Crippen LogP contribution in [0.25, 0.3) is 0 Å². The summed E-state index contributed by atoms with van der Waals surface area (Å²) in [6, 6.07) is -0.945. The Morgan fingerprint density at radius 3 is 2.65 bits per heavy atom. The molecule has 20 heavy (non-hydrogen) atoms. The van der Waals surface area contributed by atoms with Crippen molar-refractivity contribution >= 4 is 11.7 Å². The molecule has 4 N–H and O–H groups in total. The van der Waals surface area contributed by atoms with E-state index >= 15 is 0 Å². The Hall–Kier alpha value is -1.60. The van der Waals surface area contributed by atoms with Crippen LogP contribution >= 0.6 is 0 Å². The van der Waals surface area contributed by atoms with E-state index in [0.29, 0.717) is 23.7 Å². The molecule has 7 nitrogen and oxygen atoms in total. The van der Waals surface area contributed by atoms with Crippen LogP contribution in [0.15, 0.2) is 16.4 Å². The van der Waals surface area contributed by atoms with Crippen LogP contribution in [0.4, 0.5) is 0 Å². The lowest BCUT2D eigenvalue weighted by Gasteiger charge is -2.34. The van der Waals surface area contributed by atoms with Crippen molar-refractivity contribution in [1.82, 2.24) is 5.32 Å². The van der Waals surface area contributed by atoms with Gasteiger partial charge < -0.3 is 25.4 Å².